The molecule has 0 amide bonds. The van der Waals surface area contributed by atoms with Crippen molar-refractivity contribution in [2.75, 3.05) is 0 Å². The minimum Gasteiger partial charge on any atom is -0.294 e. The number of aromatic nitrogens is 1. The van der Waals surface area contributed by atoms with E-state index in [9.17, 15) is 9.18 Å². The number of pyridine rings is 1. The molecule has 1 aromatic heterocycles. The fraction of sp³-hybridized carbons (Fsp3) is 0.143. The maximum absolute atomic E-state index is 13.6. The Morgan fingerprint density at radius 1 is 1.00 bits per heavy atom. The predicted molar refractivity (Wildman–Crippen MR) is 62.3 cm³/mol. The number of fused-ring (bicyclic) bond motifs is 1. The summed E-state index contributed by atoms with van der Waals surface area (Å²) in [6.07, 6.45) is 1.18. The fourth-order valence-electron chi connectivity index (χ4n) is 2.13. The van der Waals surface area contributed by atoms with Gasteiger partial charge in [0.2, 0.25) is 0 Å². The molecule has 1 aliphatic carbocycles. The van der Waals surface area contributed by atoms with E-state index in [4.69, 9.17) is 0 Å². The van der Waals surface area contributed by atoms with Gasteiger partial charge in [-0.2, -0.15) is 0 Å². The van der Waals surface area contributed by atoms with Crippen LogP contribution in [-0.2, 0) is 6.42 Å². The third kappa shape index (κ3) is 1.64. The second-order valence-corrected chi connectivity index (χ2v) is 4.09. The summed E-state index contributed by atoms with van der Waals surface area (Å²) in [5.74, 6) is -0.156. The molecule has 1 aromatic carbocycles. The van der Waals surface area contributed by atoms with Crippen molar-refractivity contribution in [3.63, 3.8) is 0 Å². The van der Waals surface area contributed by atoms with Gasteiger partial charge in [-0.1, -0.05) is 12.1 Å². The molecule has 0 radical (unpaired) electrons. The van der Waals surface area contributed by atoms with Gasteiger partial charge in [0.15, 0.2) is 5.78 Å². The number of benzene rings is 1. The molecule has 1 heterocycles. The Balaban J connectivity index is 2.12. The van der Waals surface area contributed by atoms with Gasteiger partial charge in [-0.05, 0) is 30.7 Å². The maximum Gasteiger partial charge on any atom is 0.165 e. The van der Waals surface area contributed by atoms with E-state index in [-0.39, 0.29) is 11.6 Å². The van der Waals surface area contributed by atoms with Crippen molar-refractivity contribution in [2.24, 2.45) is 0 Å². The van der Waals surface area contributed by atoms with Crippen LogP contribution in [0.1, 0.15) is 22.5 Å². The molecule has 0 saturated carbocycles. The van der Waals surface area contributed by atoms with Crippen LogP contribution in [0.25, 0.3) is 11.3 Å². The Bertz CT molecular complexity index is 607. The summed E-state index contributed by atoms with van der Waals surface area (Å²) in [4.78, 5) is 15.8. The van der Waals surface area contributed by atoms with E-state index in [1.165, 1.54) is 6.07 Å². The third-order valence-electron chi connectivity index (χ3n) is 3.01. The average Bonchev–Trinajstić information content (AvgIpc) is 2.71. The Morgan fingerprint density at radius 2 is 1.82 bits per heavy atom. The molecule has 0 atom stereocenters. The Morgan fingerprint density at radius 3 is 2.65 bits per heavy atom. The molecule has 0 bridgehead atoms. The lowest BCUT2D eigenvalue weighted by Gasteiger charge is -2.04. The van der Waals surface area contributed by atoms with Crippen LogP contribution in [0.3, 0.4) is 0 Å². The molecular formula is C14H10FNO. The molecule has 2 nitrogen and oxygen atoms in total. The van der Waals surface area contributed by atoms with Crippen molar-refractivity contribution < 1.29 is 9.18 Å². The van der Waals surface area contributed by atoms with Gasteiger partial charge in [0, 0.05) is 17.5 Å². The van der Waals surface area contributed by atoms with Gasteiger partial charge in [-0.3, -0.25) is 9.78 Å². The number of carbonyl (C=O) groups excluding carboxylic acids is 1. The molecule has 3 rings (SSSR count). The van der Waals surface area contributed by atoms with Gasteiger partial charge in [0.05, 0.1) is 11.4 Å². The molecule has 1 aliphatic rings. The van der Waals surface area contributed by atoms with Crippen LogP contribution < -0.4 is 0 Å². The Hall–Kier alpha value is -2.03. The number of hydrogen-bond acceptors (Lipinski definition) is 2. The zero-order valence-corrected chi connectivity index (χ0v) is 9.11. The number of aryl methyl sites for hydroxylation is 1. The van der Waals surface area contributed by atoms with E-state index >= 15 is 0 Å². The first-order valence-electron chi connectivity index (χ1n) is 5.54. The van der Waals surface area contributed by atoms with Crippen molar-refractivity contribution in [2.45, 2.75) is 12.8 Å². The highest BCUT2D eigenvalue weighted by Gasteiger charge is 2.21. The first kappa shape index (κ1) is 10.1. The number of hydrogen-bond donors (Lipinski definition) is 0. The van der Waals surface area contributed by atoms with Gasteiger partial charge >= 0.3 is 0 Å². The minimum atomic E-state index is -0.288. The van der Waals surface area contributed by atoms with Crippen LogP contribution in [0.5, 0.6) is 0 Å². The molecule has 0 unspecified atom stereocenters. The second-order valence-electron chi connectivity index (χ2n) is 4.09. The lowest BCUT2D eigenvalue weighted by molar-refractivity contribution is 0.0994. The molecule has 0 saturated heterocycles. The van der Waals surface area contributed by atoms with E-state index in [1.54, 1.807) is 30.3 Å². The number of ketones is 1. The van der Waals surface area contributed by atoms with Crippen LogP contribution in [0.2, 0.25) is 0 Å². The van der Waals surface area contributed by atoms with Crippen molar-refractivity contribution >= 4 is 5.78 Å². The van der Waals surface area contributed by atoms with E-state index in [1.807, 2.05) is 0 Å². The fourth-order valence-corrected chi connectivity index (χ4v) is 2.13. The summed E-state index contributed by atoms with van der Waals surface area (Å²) < 4.78 is 13.6. The van der Waals surface area contributed by atoms with Gasteiger partial charge in [0.1, 0.15) is 5.82 Å². The lowest BCUT2D eigenvalue weighted by atomic mass is 10.1. The molecule has 2 aromatic rings. The molecule has 3 heteroatoms. The predicted octanol–water partition coefficient (Wildman–Crippen LogP) is 3.02. The molecule has 0 fully saturated rings. The number of halogens is 1. The Labute approximate surface area is 98.1 Å². The van der Waals surface area contributed by atoms with Crippen LogP contribution in [0.4, 0.5) is 4.39 Å². The van der Waals surface area contributed by atoms with E-state index in [0.29, 0.717) is 29.7 Å². The van der Waals surface area contributed by atoms with Crippen molar-refractivity contribution in [3.05, 3.63) is 53.5 Å². The zero-order chi connectivity index (χ0) is 11.8. The molecule has 0 spiro atoms. The van der Waals surface area contributed by atoms with Crippen LogP contribution in [-0.4, -0.2) is 10.8 Å². The van der Waals surface area contributed by atoms with Crippen LogP contribution in [0.15, 0.2) is 36.4 Å². The highest BCUT2D eigenvalue weighted by molar-refractivity contribution is 6.00. The Kier molecular flexibility index (Phi) is 2.25. The number of Topliss-reactive ketones (excluding diaryl/α,β-unsaturated/α-hetero) is 1. The maximum atomic E-state index is 13.6. The lowest BCUT2D eigenvalue weighted by Crippen LogP contribution is -1.95. The van der Waals surface area contributed by atoms with Crippen LogP contribution >= 0.6 is 0 Å². The summed E-state index contributed by atoms with van der Waals surface area (Å²) >= 11 is 0. The monoisotopic (exact) mass is 227 g/mol. The second kappa shape index (κ2) is 3.77. The SMILES string of the molecule is O=C1CCc2nc(-c3ccccc3F)ccc21. The quantitative estimate of drug-likeness (QED) is 0.749. The third-order valence-corrected chi connectivity index (χ3v) is 3.01. The van der Waals surface area contributed by atoms with E-state index in [2.05, 4.69) is 4.98 Å². The van der Waals surface area contributed by atoms with Gasteiger partial charge in [-0.15, -0.1) is 0 Å². The average molecular weight is 227 g/mol. The van der Waals surface area contributed by atoms with E-state index in [0.717, 1.165) is 5.69 Å². The number of rotatable bonds is 1. The van der Waals surface area contributed by atoms with Gasteiger partial charge in [-0.25, -0.2) is 4.39 Å². The van der Waals surface area contributed by atoms with Crippen molar-refractivity contribution in [1.29, 1.82) is 0 Å². The van der Waals surface area contributed by atoms with Gasteiger partial charge in [0.25, 0.3) is 0 Å². The molecule has 84 valence electrons. The van der Waals surface area contributed by atoms with Crippen molar-refractivity contribution in [3.8, 4) is 11.3 Å². The summed E-state index contributed by atoms with van der Waals surface area (Å²) in [5.41, 5.74) is 2.55. The molecule has 0 N–H and O–H groups in total. The molecule has 17 heavy (non-hydrogen) atoms. The smallest absolute Gasteiger partial charge is 0.165 e. The first-order valence-corrected chi connectivity index (χ1v) is 5.54. The highest BCUT2D eigenvalue weighted by Crippen LogP contribution is 2.26. The minimum absolute atomic E-state index is 0.132. The van der Waals surface area contributed by atoms with E-state index < -0.39 is 0 Å². The highest BCUT2D eigenvalue weighted by atomic mass is 19.1. The van der Waals surface area contributed by atoms with Crippen LogP contribution in [0, 0.1) is 5.82 Å². The summed E-state index contributed by atoms with van der Waals surface area (Å²) in [7, 11) is 0. The standard InChI is InChI=1S/C14H10FNO/c15-11-4-2-1-3-9(11)12-6-5-10-13(16-12)7-8-14(10)17/h1-6H,7-8H2. The largest absolute Gasteiger partial charge is 0.294 e. The zero-order valence-electron chi connectivity index (χ0n) is 9.11. The summed E-state index contributed by atoms with van der Waals surface area (Å²) in [6, 6.07) is 9.99. The number of carbonyl (C=O) groups is 1. The van der Waals surface area contributed by atoms with Crippen molar-refractivity contribution in [1.82, 2.24) is 4.98 Å². The van der Waals surface area contributed by atoms with Gasteiger partial charge < -0.3 is 0 Å². The summed E-state index contributed by atoms with van der Waals surface area (Å²) in [6.45, 7) is 0. The molecular weight excluding hydrogens is 217 g/mol. The molecule has 0 aliphatic heterocycles. The topological polar surface area (TPSA) is 30.0 Å². The summed E-state index contributed by atoms with van der Waals surface area (Å²) in [5, 5.41) is 0. The number of nitrogens with zero attached hydrogens (tertiary/aromatic N) is 1. The first-order chi connectivity index (χ1) is 8.25. The normalized spacial score (nSPS) is 13.8.